The Hall–Kier alpha value is -2.29. The van der Waals surface area contributed by atoms with E-state index in [1.165, 1.54) is 28.5 Å². The van der Waals surface area contributed by atoms with E-state index in [1.54, 1.807) is 0 Å². The van der Waals surface area contributed by atoms with Gasteiger partial charge in [-0.2, -0.15) is 4.90 Å². The molecule has 0 saturated heterocycles. The molecule has 2 rings (SSSR count). The second kappa shape index (κ2) is 9.42. The van der Waals surface area contributed by atoms with Crippen molar-refractivity contribution < 1.29 is 4.58 Å². The van der Waals surface area contributed by atoms with E-state index in [-0.39, 0.29) is 0 Å². The normalized spacial score (nSPS) is 10.5. The molecule has 0 spiro atoms. The largest absolute Gasteiger partial charge is 0.360 e. The predicted octanol–water partition coefficient (Wildman–Crippen LogP) is 5.19. The van der Waals surface area contributed by atoms with Crippen LogP contribution in [0, 0.1) is 13.8 Å². The number of nitrogens with zero attached hydrogens (tertiary/aromatic N) is 3. The lowest BCUT2D eigenvalue weighted by Crippen LogP contribution is -2.48. The third kappa shape index (κ3) is 4.46. The first-order valence-corrected chi connectivity index (χ1v) is 9.85. The van der Waals surface area contributed by atoms with Crippen LogP contribution in [0.4, 0.5) is 11.4 Å². The van der Waals surface area contributed by atoms with Gasteiger partial charge < -0.3 is 0 Å². The first-order chi connectivity index (χ1) is 12.5. The number of benzene rings is 2. The lowest BCUT2D eigenvalue weighted by Gasteiger charge is -2.29. The van der Waals surface area contributed by atoms with Crippen LogP contribution in [0.2, 0.25) is 0 Å². The second-order valence-corrected chi connectivity index (χ2v) is 6.65. The first kappa shape index (κ1) is 20.0. The Bertz CT molecular complexity index is 659. The highest BCUT2D eigenvalue weighted by molar-refractivity contribution is 5.99. The van der Waals surface area contributed by atoms with Crippen molar-refractivity contribution in [3.05, 3.63) is 59.7 Å². The van der Waals surface area contributed by atoms with Gasteiger partial charge in [-0.15, -0.1) is 0 Å². The molecule has 26 heavy (non-hydrogen) atoms. The van der Waals surface area contributed by atoms with Crippen LogP contribution in [0.5, 0.6) is 0 Å². The zero-order valence-electron chi connectivity index (χ0n) is 17.3. The van der Waals surface area contributed by atoms with Gasteiger partial charge in [0.2, 0.25) is 0 Å². The first-order valence-electron chi connectivity index (χ1n) is 9.85. The minimum atomic E-state index is 0.983. The smallest absolute Gasteiger partial charge is 0.265 e. The van der Waals surface area contributed by atoms with E-state index in [1.807, 2.05) is 0 Å². The van der Waals surface area contributed by atoms with Gasteiger partial charge in [0.25, 0.3) is 0 Å². The fraction of sp³-hybridized carbons (Fsp3) is 0.435. The SMILES string of the molecule is CCN(CC)C(N(c1ccc(C)cc1)c1ccc(C)cc1)=[N+](CC)CC. The molecule has 2 aromatic carbocycles. The predicted molar refractivity (Wildman–Crippen MR) is 114 cm³/mol. The van der Waals surface area contributed by atoms with Gasteiger partial charge in [-0.05, 0) is 65.8 Å². The molecule has 0 heterocycles. The maximum Gasteiger partial charge on any atom is 0.360 e. The summed E-state index contributed by atoms with van der Waals surface area (Å²) in [6.07, 6.45) is 0. The molecule has 0 N–H and O–H groups in total. The van der Waals surface area contributed by atoms with E-state index in [9.17, 15) is 0 Å². The molecule has 0 aliphatic carbocycles. The number of aryl methyl sites for hydroxylation is 2. The summed E-state index contributed by atoms with van der Waals surface area (Å²) < 4.78 is 2.45. The molecule has 140 valence electrons. The molecule has 0 aliphatic rings. The summed E-state index contributed by atoms with van der Waals surface area (Å²) in [7, 11) is 0. The third-order valence-electron chi connectivity index (χ3n) is 4.88. The van der Waals surface area contributed by atoms with E-state index < -0.39 is 0 Å². The minimum Gasteiger partial charge on any atom is -0.265 e. The molecule has 3 heteroatoms. The molecule has 0 unspecified atom stereocenters. The van der Waals surface area contributed by atoms with Gasteiger partial charge in [0.15, 0.2) is 0 Å². The molecule has 0 bridgehead atoms. The van der Waals surface area contributed by atoms with Crippen LogP contribution in [0.25, 0.3) is 0 Å². The maximum atomic E-state index is 2.45. The monoisotopic (exact) mass is 352 g/mol. The summed E-state index contributed by atoms with van der Waals surface area (Å²) in [5.74, 6) is 1.26. The van der Waals surface area contributed by atoms with Crippen LogP contribution >= 0.6 is 0 Å². The molecule has 0 radical (unpaired) electrons. The Kier molecular flexibility index (Phi) is 7.26. The summed E-state index contributed by atoms with van der Waals surface area (Å²) in [5, 5.41) is 0. The van der Waals surface area contributed by atoms with Crippen molar-refractivity contribution in [1.29, 1.82) is 0 Å². The van der Waals surface area contributed by atoms with Crippen LogP contribution in [0.1, 0.15) is 38.8 Å². The molecule has 2 aromatic rings. The Balaban J connectivity index is 2.71. The quantitative estimate of drug-likeness (QED) is 0.402. The van der Waals surface area contributed by atoms with E-state index in [0.29, 0.717) is 0 Å². The zero-order valence-corrected chi connectivity index (χ0v) is 17.3. The van der Waals surface area contributed by atoms with Crippen molar-refractivity contribution in [2.24, 2.45) is 0 Å². The van der Waals surface area contributed by atoms with Crippen molar-refractivity contribution in [3.63, 3.8) is 0 Å². The second-order valence-electron chi connectivity index (χ2n) is 6.65. The van der Waals surface area contributed by atoms with Gasteiger partial charge in [0, 0.05) is 0 Å². The standard InChI is InChI=1S/C23H34N3/c1-7-24(8-2)23(25(9-3)10-4)26(21-15-11-19(5)12-16-21)22-17-13-20(6)14-18-22/h11-18H,7-10H2,1-6H3/q+1. The molecule has 0 saturated carbocycles. The molecular weight excluding hydrogens is 318 g/mol. The van der Waals surface area contributed by atoms with Gasteiger partial charge >= 0.3 is 5.96 Å². The fourth-order valence-corrected chi connectivity index (χ4v) is 3.26. The van der Waals surface area contributed by atoms with Gasteiger partial charge in [-0.25, -0.2) is 0 Å². The van der Waals surface area contributed by atoms with E-state index >= 15 is 0 Å². The van der Waals surface area contributed by atoms with E-state index in [2.05, 4.69) is 104 Å². The number of rotatable bonds is 6. The lowest BCUT2D eigenvalue weighted by molar-refractivity contribution is -0.526. The third-order valence-corrected chi connectivity index (χ3v) is 4.88. The van der Waals surface area contributed by atoms with Crippen molar-refractivity contribution in [3.8, 4) is 0 Å². The Morgan fingerprint density at radius 3 is 1.38 bits per heavy atom. The Morgan fingerprint density at radius 1 is 0.692 bits per heavy atom. The molecule has 0 aliphatic heterocycles. The average molecular weight is 353 g/mol. The maximum absolute atomic E-state index is 2.45. The summed E-state index contributed by atoms with van der Waals surface area (Å²) in [6.45, 7) is 17.1. The summed E-state index contributed by atoms with van der Waals surface area (Å²) in [4.78, 5) is 4.85. The molecular formula is C23H34N3+. The summed E-state index contributed by atoms with van der Waals surface area (Å²) in [5.41, 5.74) is 4.97. The Labute approximate surface area is 159 Å². The number of hydrogen-bond acceptors (Lipinski definition) is 0. The fourth-order valence-electron chi connectivity index (χ4n) is 3.26. The highest BCUT2D eigenvalue weighted by atomic mass is 15.4. The van der Waals surface area contributed by atoms with Crippen LogP contribution in [-0.4, -0.2) is 41.6 Å². The van der Waals surface area contributed by atoms with Crippen molar-refractivity contribution in [2.45, 2.75) is 41.5 Å². The molecule has 0 fully saturated rings. The van der Waals surface area contributed by atoms with Crippen molar-refractivity contribution in [2.75, 3.05) is 31.1 Å². The van der Waals surface area contributed by atoms with Gasteiger partial charge in [0.05, 0.1) is 26.2 Å². The number of hydrogen-bond donors (Lipinski definition) is 0. The highest BCUT2D eigenvalue weighted by Crippen LogP contribution is 2.27. The zero-order chi connectivity index (χ0) is 19.1. The van der Waals surface area contributed by atoms with E-state index in [4.69, 9.17) is 0 Å². The summed E-state index contributed by atoms with van der Waals surface area (Å²) >= 11 is 0. The highest BCUT2D eigenvalue weighted by Gasteiger charge is 2.30. The lowest BCUT2D eigenvalue weighted by atomic mass is 10.1. The van der Waals surface area contributed by atoms with Crippen LogP contribution < -0.4 is 4.90 Å². The van der Waals surface area contributed by atoms with Crippen LogP contribution in [0.3, 0.4) is 0 Å². The number of guanidine groups is 1. The van der Waals surface area contributed by atoms with Gasteiger partial charge in [-0.3, -0.25) is 9.48 Å². The minimum absolute atomic E-state index is 0.983. The topological polar surface area (TPSA) is 9.49 Å². The average Bonchev–Trinajstić information content (AvgIpc) is 2.66. The number of anilines is 2. The molecule has 0 atom stereocenters. The van der Waals surface area contributed by atoms with Crippen LogP contribution in [0.15, 0.2) is 48.5 Å². The molecule has 3 nitrogen and oxygen atoms in total. The molecule has 0 amide bonds. The van der Waals surface area contributed by atoms with E-state index in [0.717, 1.165) is 26.2 Å². The molecule has 0 aromatic heterocycles. The Morgan fingerprint density at radius 2 is 1.08 bits per heavy atom. The van der Waals surface area contributed by atoms with Crippen molar-refractivity contribution >= 4 is 17.3 Å². The van der Waals surface area contributed by atoms with Crippen molar-refractivity contribution in [1.82, 2.24) is 4.90 Å². The van der Waals surface area contributed by atoms with Crippen LogP contribution in [-0.2, 0) is 0 Å². The van der Waals surface area contributed by atoms with Gasteiger partial charge in [-0.1, -0.05) is 35.4 Å². The van der Waals surface area contributed by atoms with Gasteiger partial charge in [0.1, 0.15) is 11.4 Å². The summed E-state index contributed by atoms with van der Waals surface area (Å²) in [6, 6.07) is 17.7.